The molecule has 58 heavy (non-hydrogen) atoms. The van der Waals surface area contributed by atoms with E-state index < -0.39 is 45.8 Å². The lowest BCUT2D eigenvalue weighted by Crippen LogP contribution is -2.50. The third kappa shape index (κ3) is 12.2. The highest BCUT2D eigenvalue weighted by Gasteiger charge is 2.25. The van der Waals surface area contributed by atoms with Gasteiger partial charge in [0.25, 0.3) is 11.8 Å². The Bertz CT molecular complexity index is 2300. The fourth-order valence-electron chi connectivity index (χ4n) is 6.05. The highest BCUT2D eigenvalue weighted by atomic mass is 79.9. The molecular formula is C43H47BrFN7O5S. The fraction of sp³-hybridized carbons (Fsp3) is 0.256. The van der Waals surface area contributed by atoms with Crippen LogP contribution >= 0.6 is 15.9 Å². The maximum atomic E-state index is 14.2. The molecule has 6 N–H and O–H groups in total. The van der Waals surface area contributed by atoms with Gasteiger partial charge in [-0.15, -0.1) is 0 Å². The standard InChI is InChI=1S/C43H47BrFN7O5S/c1-27(32-12-18-37(46)19-13-32)49-41(53)29(3)48-25-39(24-38-7-5-6-20-47-38)51-43(55)34-21-33(42(54)50-28(2)31-10-16-36(45)17-11-31)22-40(23-34)52(4)58(56,57)26-30-8-14-35(44)15-9-30/h5-23,27-29,39,48H,24-26,46H2,1-4H3,(H,49,53)(H,50,54)(H,51,55)/t27?,28-,29?,39+/m1/s1. The number of amides is 3. The Labute approximate surface area is 347 Å². The number of anilines is 2. The van der Waals surface area contributed by atoms with E-state index in [1.807, 2.05) is 31.2 Å². The number of carbonyl (C=O) groups is 3. The number of carbonyl (C=O) groups excluding carboxylic acids is 3. The van der Waals surface area contributed by atoms with Crippen molar-refractivity contribution < 1.29 is 27.2 Å². The van der Waals surface area contributed by atoms with Crippen molar-refractivity contribution in [3.05, 3.63) is 159 Å². The SMILES string of the molecule is CC(NC[C@H](Cc1ccccn1)NC(=O)c1cc(C(=O)N[C@H](C)c2ccc(F)cc2)cc(N(C)S(=O)(=O)Cc2ccc(Br)cc2)c1)C(=O)NC(C)c1ccc(N)cc1. The van der Waals surface area contributed by atoms with Crippen molar-refractivity contribution in [3.8, 4) is 0 Å². The summed E-state index contributed by atoms with van der Waals surface area (Å²) in [5.74, 6) is -2.17. The molecule has 5 aromatic rings. The lowest BCUT2D eigenvalue weighted by Gasteiger charge is -2.24. The van der Waals surface area contributed by atoms with Crippen molar-refractivity contribution in [2.24, 2.45) is 0 Å². The molecule has 4 aromatic carbocycles. The molecule has 0 saturated carbocycles. The van der Waals surface area contributed by atoms with E-state index in [1.54, 1.807) is 74.6 Å². The summed E-state index contributed by atoms with van der Waals surface area (Å²) in [4.78, 5) is 45.5. The Morgan fingerprint density at radius 3 is 1.98 bits per heavy atom. The average Bonchev–Trinajstić information content (AvgIpc) is 3.20. The van der Waals surface area contributed by atoms with Gasteiger partial charge in [-0.25, -0.2) is 12.8 Å². The second-order valence-electron chi connectivity index (χ2n) is 14.1. The van der Waals surface area contributed by atoms with E-state index in [2.05, 4.69) is 42.2 Å². The quantitative estimate of drug-likeness (QED) is 0.0685. The van der Waals surface area contributed by atoms with Crippen LogP contribution in [0.4, 0.5) is 15.8 Å². The van der Waals surface area contributed by atoms with Gasteiger partial charge in [-0.1, -0.05) is 58.4 Å². The van der Waals surface area contributed by atoms with Gasteiger partial charge in [0.2, 0.25) is 15.9 Å². The molecule has 15 heteroatoms. The summed E-state index contributed by atoms with van der Waals surface area (Å²) in [6, 6.07) is 27.4. The van der Waals surface area contributed by atoms with Crippen molar-refractivity contribution >= 4 is 55.0 Å². The summed E-state index contributed by atoms with van der Waals surface area (Å²) in [6.07, 6.45) is 1.93. The lowest BCUT2D eigenvalue weighted by atomic mass is 10.0. The Balaban J connectivity index is 1.39. The van der Waals surface area contributed by atoms with Crippen LogP contribution in [0.25, 0.3) is 0 Å². The zero-order chi connectivity index (χ0) is 42.0. The molecule has 0 radical (unpaired) electrons. The number of nitrogens with zero attached hydrogens (tertiary/aromatic N) is 2. The zero-order valence-electron chi connectivity index (χ0n) is 32.6. The number of nitrogen functional groups attached to an aromatic ring is 1. The molecule has 1 aromatic heterocycles. The largest absolute Gasteiger partial charge is 0.399 e. The van der Waals surface area contributed by atoms with E-state index >= 15 is 0 Å². The molecule has 0 aliphatic rings. The molecular weight excluding hydrogens is 825 g/mol. The van der Waals surface area contributed by atoms with Crippen LogP contribution in [0.3, 0.4) is 0 Å². The molecule has 3 amide bonds. The molecule has 4 atom stereocenters. The van der Waals surface area contributed by atoms with E-state index in [0.29, 0.717) is 28.9 Å². The van der Waals surface area contributed by atoms with Gasteiger partial charge in [-0.2, -0.15) is 0 Å². The van der Waals surface area contributed by atoms with Crippen LogP contribution in [0.15, 0.2) is 120 Å². The number of benzene rings is 4. The third-order valence-corrected chi connectivity index (χ3v) is 11.9. The minimum absolute atomic E-state index is 0.0249. The minimum atomic E-state index is -4.00. The molecule has 0 saturated heterocycles. The normalized spacial score (nSPS) is 13.4. The van der Waals surface area contributed by atoms with Gasteiger partial charge in [0, 0.05) is 59.2 Å². The summed E-state index contributed by atoms with van der Waals surface area (Å²) in [7, 11) is -2.63. The third-order valence-electron chi connectivity index (χ3n) is 9.58. The zero-order valence-corrected chi connectivity index (χ0v) is 35.0. The topological polar surface area (TPSA) is 176 Å². The van der Waals surface area contributed by atoms with E-state index in [0.717, 1.165) is 14.3 Å². The van der Waals surface area contributed by atoms with E-state index in [1.165, 1.54) is 37.4 Å². The molecule has 0 spiro atoms. The van der Waals surface area contributed by atoms with E-state index in [-0.39, 0.29) is 41.1 Å². The van der Waals surface area contributed by atoms with Crippen molar-refractivity contribution in [2.45, 2.75) is 57.1 Å². The molecule has 0 aliphatic heterocycles. The first-order valence-electron chi connectivity index (χ1n) is 18.6. The maximum absolute atomic E-state index is 14.2. The smallest absolute Gasteiger partial charge is 0.251 e. The summed E-state index contributed by atoms with van der Waals surface area (Å²) < 4.78 is 42.9. The summed E-state index contributed by atoms with van der Waals surface area (Å²) in [5, 5.41) is 12.1. The number of aromatic nitrogens is 1. The Kier molecular flexibility index (Phi) is 14.8. The Morgan fingerprint density at radius 2 is 1.38 bits per heavy atom. The number of sulfonamides is 1. The van der Waals surface area contributed by atoms with Gasteiger partial charge in [0.1, 0.15) is 5.82 Å². The average molecular weight is 873 g/mol. The first kappa shape index (κ1) is 43.5. The number of pyridine rings is 1. The molecule has 12 nitrogen and oxygen atoms in total. The van der Waals surface area contributed by atoms with Crippen molar-refractivity contribution in [1.29, 1.82) is 0 Å². The van der Waals surface area contributed by atoms with Crippen LogP contribution in [0.5, 0.6) is 0 Å². The number of nitrogens with one attached hydrogen (secondary N) is 4. The number of hydrogen-bond donors (Lipinski definition) is 5. The Morgan fingerprint density at radius 1 is 0.793 bits per heavy atom. The van der Waals surface area contributed by atoms with E-state index in [4.69, 9.17) is 5.73 Å². The van der Waals surface area contributed by atoms with Crippen LogP contribution in [0.1, 0.15) is 76.0 Å². The first-order valence-corrected chi connectivity index (χ1v) is 21.0. The first-order chi connectivity index (χ1) is 27.6. The molecule has 5 rings (SSSR count). The van der Waals surface area contributed by atoms with Crippen molar-refractivity contribution in [2.75, 3.05) is 23.6 Å². The summed E-state index contributed by atoms with van der Waals surface area (Å²) >= 11 is 3.36. The predicted molar refractivity (Wildman–Crippen MR) is 228 cm³/mol. The summed E-state index contributed by atoms with van der Waals surface area (Å²) in [5.41, 5.74) is 9.34. The van der Waals surface area contributed by atoms with Crippen LogP contribution in [-0.2, 0) is 27.0 Å². The second-order valence-corrected chi connectivity index (χ2v) is 17.0. The maximum Gasteiger partial charge on any atom is 0.251 e. The number of hydrogen-bond acceptors (Lipinski definition) is 8. The second kappa shape index (κ2) is 19.7. The predicted octanol–water partition coefficient (Wildman–Crippen LogP) is 6.22. The van der Waals surface area contributed by atoms with Crippen LogP contribution in [0, 0.1) is 5.82 Å². The summed E-state index contributed by atoms with van der Waals surface area (Å²) in [6.45, 7) is 5.48. The molecule has 304 valence electrons. The highest BCUT2D eigenvalue weighted by Crippen LogP contribution is 2.25. The van der Waals surface area contributed by atoms with Crippen LogP contribution < -0.4 is 31.3 Å². The van der Waals surface area contributed by atoms with Crippen molar-refractivity contribution in [3.63, 3.8) is 0 Å². The molecule has 1 heterocycles. The lowest BCUT2D eigenvalue weighted by molar-refractivity contribution is -0.123. The van der Waals surface area contributed by atoms with Crippen LogP contribution in [0.2, 0.25) is 0 Å². The van der Waals surface area contributed by atoms with Gasteiger partial charge in [-0.3, -0.25) is 23.7 Å². The molecule has 0 aliphatic carbocycles. The van der Waals surface area contributed by atoms with Gasteiger partial charge in [-0.05, 0) is 104 Å². The van der Waals surface area contributed by atoms with E-state index in [9.17, 15) is 27.2 Å². The Hall–Kier alpha value is -5.64. The monoisotopic (exact) mass is 871 g/mol. The number of rotatable bonds is 17. The van der Waals surface area contributed by atoms with Gasteiger partial charge < -0.3 is 27.0 Å². The molecule has 0 bridgehead atoms. The highest BCUT2D eigenvalue weighted by molar-refractivity contribution is 9.10. The minimum Gasteiger partial charge on any atom is -0.399 e. The van der Waals surface area contributed by atoms with Gasteiger partial charge in [0.05, 0.1) is 29.6 Å². The van der Waals surface area contributed by atoms with Gasteiger partial charge in [0.15, 0.2) is 0 Å². The van der Waals surface area contributed by atoms with Crippen LogP contribution in [-0.4, -0.2) is 56.8 Å². The van der Waals surface area contributed by atoms with Crippen molar-refractivity contribution in [1.82, 2.24) is 26.3 Å². The van der Waals surface area contributed by atoms with Gasteiger partial charge >= 0.3 is 0 Å². The number of halogens is 2. The molecule has 2 unspecified atom stereocenters. The number of nitrogens with two attached hydrogens (primary N) is 1. The molecule has 0 fully saturated rings. The fourth-order valence-corrected chi connectivity index (χ4v) is 7.55.